The number of aromatic nitrogens is 2. The number of nitrogens with zero attached hydrogens (tertiary/aromatic N) is 3. The predicted molar refractivity (Wildman–Crippen MR) is 118 cm³/mol. The maximum absolute atomic E-state index is 11.9. The minimum Gasteiger partial charge on any atom is -0.459 e. The van der Waals surface area contributed by atoms with Crippen molar-refractivity contribution in [1.82, 2.24) is 9.78 Å². The SMILES string of the molecule is Cc1nn(C)c(Sc2ccccc2)c1C=NOCc1ccc(C(=O)OC(C)C)cc1. The van der Waals surface area contributed by atoms with E-state index in [0.717, 1.165) is 26.7 Å². The molecule has 2 aromatic carbocycles. The fraction of sp³-hybridized carbons (Fsp3) is 0.261. The van der Waals surface area contributed by atoms with E-state index in [1.54, 1.807) is 30.1 Å². The van der Waals surface area contributed by atoms with Crippen LogP contribution in [-0.2, 0) is 23.2 Å². The molecule has 1 heterocycles. The molecular formula is C23H25N3O3S. The fourth-order valence-corrected chi connectivity index (χ4v) is 3.74. The first-order valence-electron chi connectivity index (χ1n) is 9.66. The lowest BCUT2D eigenvalue weighted by Crippen LogP contribution is -2.11. The van der Waals surface area contributed by atoms with Crippen LogP contribution >= 0.6 is 11.8 Å². The summed E-state index contributed by atoms with van der Waals surface area (Å²) in [6.07, 6.45) is 1.55. The van der Waals surface area contributed by atoms with E-state index < -0.39 is 0 Å². The molecule has 0 amide bonds. The van der Waals surface area contributed by atoms with E-state index in [-0.39, 0.29) is 12.1 Å². The van der Waals surface area contributed by atoms with Gasteiger partial charge in [-0.25, -0.2) is 4.79 Å². The molecule has 3 rings (SSSR count). The summed E-state index contributed by atoms with van der Waals surface area (Å²) in [4.78, 5) is 18.5. The van der Waals surface area contributed by atoms with Crippen LogP contribution in [0.4, 0.5) is 0 Å². The number of esters is 1. The van der Waals surface area contributed by atoms with Gasteiger partial charge in [0.05, 0.1) is 29.1 Å². The Labute approximate surface area is 180 Å². The van der Waals surface area contributed by atoms with Crippen LogP contribution in [0.1, 0.15) is 41.0 Å². The van der Waals surface area contributed by atoms with Gasteiger partial charge in [-0.1, -0.05) is 47.2 Å². The number of oxime groups is 1. The largest absolute Gasteiger partial charge is 0.459 e. The van der Waals surface area contributed by atoms with E-state index in [0.29, 0.717) is 12.2 Å². The average molecular weight is 424 g/mol. The topological polar surface area (TPSA) is 65.7 Å². The third-order valence-electron chi connectivity index (χ3n) is 4.19. The highest BCUT2D eigenvalue weighted by Crippen LogP contribution is 2.30. The normalized spacial score (nSPS) is 11.2. The van der Waals surface area contributed by atoms with E-state index in [4.69, 9.17) is 9.57 Å². The summed E-state index contributed by atoms with van der Waals surface area (Å²) in [6.45, 7) is 5.90. The highest BCUT2D eigenvalue weighted by atomic mass is 32.2. The lowest BCUT2D eigenvalue weighted by Gasteiger charge is -2.08. The van der Waals surface area contributed by atoms with Crippen LogP contribution in [0, 0.1) is 6.92 Å². The summed E-state index contributed by atoms with van der Waals surface area (Å²) in [6, 6.07) is 17.3. The number of benzene rings is 2. The zero-order valence-corrected chi connectivity index (χ0v) is 18.3. The van der Waals surface area contributed by atoms with Crippen LogP contribution < -0.4 is 0 Å². The molecule has 0 aliphatic rings. The Balaban J connectivity index is 1.61. The molecule has 0 aliphatic carbocycles. The Morgan fingerprint density at radius 3 is 2.53 bits per heavy atom. The average Bonchev–Trinajstić information content (AvgIpc) is 2.98. The maximum atomic E-state index is 11.9. The minimum absolute atomic E-state index is 0.143. The molecule has 156 valence electrons. The molecule has 0 fully saturated rings. The highest BCUT2D eigenvalue weighted by Gasteiger charge is 2.13. The molecule has 7 heteroatoms. The molecule has 0 radical (unpaired) electrons. The van der Waals surface area contributed by atoms with Crippen LogP contribution in [0.3, 0.4) is 0 Å². The number of carbonyl (C=O) groups is 1. The van der Waals surface area contributed by atoms with E-state index >= 15 is 0 Å². The zero-order valence-electron chi connectivity index (χ0n) is 17.5. The molecule has 0 unspecified atom stereocenters. The van der Waals surface area contributed by atoms with Crippen LogP contribution in [0.2, 0.25) is 0 Å². The Morgan fingerprint density at radius 1 is 1.17 bits per heavy atom. The third-order valence-corrected chi connectivity index (χ3v) is 5.38. The van der Waals surface area contributed by atoms with E-state index in [1.807, 2.05) is 62.8 Å². The molecule has 30 heavy (non-hydrogen) atoms. The van der Waals surface area contributed by atoms with Crippen molar-refractivity contribution in [3.8, 4) is 0 Å². The lowest BCUT2D eigenvalue weighted by atomic mass is 10.1. The van der Waals surface area contributed by atoms with Gasteiger partial charge in [-0.3, -0.25) is 4.68 Å². The Kier molecular flexibility index (Phi) is 7.30. The Bertz CT molecular complexity index is 1010. The van der Waals surface area contributed by atoms with Gasteiger partial charge in [0, 0.05) is 11.9 Å². The predicted octanol–water partition coefficient (Wildman–Crippen LogP) is 5.00. The van der Waals surface area contributed by atoms with Crippen molar-refractivity contribution >= 4 is 23.9 Å². The smallest absolute Gasteiger partial charge is 0.338 e. The van der Waals surface area contributed by atoms with Crippen molar-refractivity contribution in [3.05, 3.63) is 77.0 Å². The molecule has 0 N–H and O–H groups in total. The molecule has 0 aliphatic heterocycles. The van der Waals surface area contributed by atoms with E-state index in [2.05, 4.69) is 22.4 Å². The summed E-state index contributed by atoms with van der Waals surface area (Å²) < 4.78 is 7.04. The number of hydrogen-bond donors (Lipinski definition) is 0. The van der Waals surface area contributed by atoms with Gasteiger partial charge >= 0.3 is 5.97 Å². The highest BCUT2D eigenvalue weighted by molar-refractivity contribution is 7.99. The van der Waals surface area contributed by atoms with Gasteiger partial charge in [-0.05, 0) is 50.6 Å². The number of carbonyl (C=O) groups excluding carboxylic acids is 1. The second-order valence-electron chi connectivity index (χ2n) is 7.00. The van der Waals surface area contributed by atoms with Crippen LogP contribution in [-0.4, -0.2) is 28.1 Å². The van der Waals surface area contributed by atoms with E-state index in [9.17, 15) is 4.79 Å². The molecule has 6 nitrogen and oxygen atoms in total. The molecule has 0 saturated carbocycles. The van der Waals surface area contributed by atoms with Crippen molar-refractivity contribution in [2.24, 2.45) is 12.2 Å². The van der Waals surface area contributed by atoms with Gasteiger partial charge in [-0.2, -0.15) is 5.10 Å². The minimum atomic E-state index is -0.328. The first-order valence-corrected chi connectivity index (χ1v) is 10.5. The van der Waals surface area contributed by atoms with Gasteiger partial charge in [-0.15, -0.1) is 0 Å². The lowest BCUT2D eigenvalue weighted by molar-refractivity contribution is 0.0378. The van der Waals surface area contributed by atoms with Gasteiger partial charge < -0.3 is 9.57 Å². The number of aryl methyl sites for hydroxylation is 2. The van der Waals surface area contributed by atoms with Crippen LogP contribution in [0.5, 0.6) is 0 Å². The molecule has 1 aromatic heterocycles. The molecule has 0 bridgehead atoms. The quantitative estimate of drug-likeness (QED) is 0.290. The van der Waals surface area contributed by atoms with Gasteiger partial charge in [0.1, 0.15) is 11.6 Å². The van der Waals surface area contributed by atoms with Crippen molar-refractivity contribution in [2.75, 3.05) is 0 Å². The second kappa shape index (κ2) is 10.1. The summed E-state index contributed by atoms with van der Waals surface area (Å²) in [5.74, 6) is -0.328. The fourth-order valence-electron chi connectivity index (χ4n) is 2.74. The number of rotatable bonds is 8. The maximum Gasteiger partial charge on any atom is 0.338 e. The molecule has 0 atom stereocenters. The standard InChI is InChI=1S/C23H25N3O3S/c1-16(2)29-23(27)19-12-10-18(11-13-19)15-28-24-14-21-17(3)25-26(4)22(21)30-20-8-6-5-7-9-20/h5-14,16H,15H2,1-4H3. The number of hydrogen-bond acceptors (Lipinski definition) is 6. The second-order valence-corrected chi connectivity index (χ2v) is 8.06. The summed E-state index contributed by atoms with van der Waals surface area (Å²) in [5.41, 5.74) is 3.24. The monoisotopic (exact) mass is 423 g/mol. The zero-order chi connectivity index (χ0) is 21.5. The molecular weight excluding hydrogens is 398 g/mol. The van der Waals surface area contributed by atoms with Crippen molar-refractivity contribution in [3.63, 3.8) is 0 Å². The molecule has 0 spiro atoms. The third kappa shape index (κ3) is 5.73. The Hall–Kier alpha value is -3.06. The summed E-state index contributed by atoms with van der Waals surface area (Å²) >= 11 is 1.63. The first-order chi connectivity index (χ1) is 14.4. The molecule has 0 saturated heterocycles. The van der Waals surface area contributed by atoms with Gasteiger partial charge in [0.15, 0.2) is 0 Å². The van der Waals surface area contributed by atoms with Crippen LogP contribution in [0.25, 0.3) is 0 Å². The molecule has 3 aromatic rings. The van der Waals surface area contributed by atoms with Crippen molar-refractivity contribution < 1.29 is 14.4 Å². The first kappa shape index (κ1) is 21.6. The van der Waals surface area contributed by atoms with Crippen LogP contribution in [0.15, 0.2) is 69.7 Å². The van der Waals surface area contributed by atoms with Crippen molar-refractivity contribution in [1.29, 1.82) is 0 Å². The summed E-state index contributed by atoms with van der Waals surface area (Å²) in [7, 11) is 1.92. The van der Waals surface area contributed by atoms with Gasteiger partial charge in [0.25, 0.3) is 0 Å². The summed E-state index contributed by atoms with van der Waals surface area (Å²) in [5, 5.41) is 9.62. The number of ether oxygens (including phenoxy) is 1. The Morgan fingerprint density at radius 2 is 1.87 bits per heavy atom. The van der Waals surface area contributed by atoms with Gasteiger partial charge in [0.2, 0.25) is 0 Å². The van der Waals surface area contributed by atoms with E-state index in [1.165, 1.54) is 0 Å². The van der Waals surface area contributed by atoms with Crippen molar-refractivity contribution in [2.45, 2.75) is 43.4 Å².